The molecule has 1 aromatic rings. The van der Waals surface area contributed by atoms with E-state index in [1.807, 2.05) is 13.8 Å². The molecule has 1 unspecified atom stereocenters. The van der Waals surface area contributed by atoms with Gasteiger partial charge in [-0.15, -0.1) is 0 Å². The van der Waals surface area contributed by atoms with Crippen LogP contribution in [0.3, 0.4) is 0 Å². The second kappa shape index (κ2) is 6.67. The highest BCUT2D eigenvalue weighted by molar-refractivity contribution is 5.95. The number of nitrogens with zero attached hydrogens (tertiary/aromatic N) is 1. The van der Waals surface area contributed by atoms with Gasteiger partial charge in [0.2, 0.25) is 0 Å². The highest BCUT2D eigenvalue weighted by Crippen LogP contribution is 2.17. The van der Waals surface area contributed by atoms with Crippen LogP contribution in [0.4, 0.5) is 5.82 Å². The first-order valence-corrected chi connectivity index (χ1v) is 6.98. The van der Waals surface area contributed by atoms with Crippen LogP contribution in [-0.2, 0) is 4.74 Å². The van der Waals surface area contributed by atoms with Crippen LogP contribution in [-0.4, -0.2) is 30.1 Å². The normalized spacial score (nSPS) is 18.3. The summed E-state index contributed by atoms with van der Waals surface area (Å²) in [6.07, 6.45) is 2.20. The minimum Gasteiger partial charge on any atom is -0.376 e. The zero-order chi connectivity index (χ0) is 14.5. The van der Waals surface area contributed by atoms with Crippen LogP contribution in [0.1, 0.15) is 48.7 Å². The summed E-state index contributed by atoms with van der Waals surface area (Å²) in [5.74, 6) is 6.00. The molecule has 0 radical (unpaired) electrons. The topological polar surface area (TPSA) is 89.3 Å². The van der Waals surface area contributed by atoms with E-state index >= 15 is 0 Å². The number of hydrogen-bond acceptors (Lipinski definition) is 5. The molecule has 20 heavy (non-hydrogen) atoms. The maximum absolute atomic E-state index is 12.2. The molecule has 2 heterocycles. The first-order chi connectivity index (χ1) is 9.60. The summed E-state index contributed by atoms with van der Waals surface area (Å²) in [4.78, 5) is 16.5. The second-order valence-corrected chi connectivity index (χ2v) is 5.31. The molecule has 6 nitrogen and oxygen atoms in total. The van der Waals surface area contributed by atoms with Crippen molar-refractivity contribution >= 4 is 11.7 Å². The van der Waals surface area contributed by atoms with Crippen molar-refractivity contribution < 1.29 is 9.53 Å². The van der Waals surface area contributed by atoms with Gasteiger partial charge in [0.15, 0.2) is 0 Å². The summed E-state index contributed by atoms with van der Waals surface area (Å²) < 4.78 is 5.49. The summed E-state index contributed by atoms with van der Waals surface area (Å²) >= 11 is 0. The van der Waals surface area contributed by atoms with Crippen molar-refractivity contribution in [3.63, 3.8) is 0 Å². The van der Waals surface area contributed by atoms with Gasteiger partial charge in [-0.25, -0.2) is 10.8 Å². The number of nitrogens with two attached hydrogens (primary N) is 1. The number of anilines is 1. The van der Waals surface area contributed by atoms with Crippen molar-refractivity contribution in [1.29, 1.82) is 0 Å². The molecule has 0 bridgehead atoms. The number of aromatic nitrogens is 1. The van der Waals surface area contributed by atoms with Crippen molar-refractivity contribution in [3.8, 4) is 0 Å². The molecular formula is C14H22N4O2. The van der Waals surface area contributed by atoms with E-state index in [4.69, 9.17) is 10.6 Å². The number of hydrogen-bond donors (Lipinski definition) is 3. The fourth-order valence-electron chi connectivity index (χ4n) is 2.17. The number of ether oxygens (including phenoxy) is 1. The van der Waals surface area contributed by atoms with Gasteiger partial charge in [0, 0.05) is 24.4 Å². The molecule has 1 aliphatic heterocycles. The molecule has 0 aliphatic carbocycles. The number of carbonyl (C=O) groups excluding carboxylic acids is 1. The predicted octanol–water partition coefficient (Wildman–Crippen LogP) is 1.40. The Morgan fingerprint density at radius 3 is 2.95 bits per heavy atom. The number of hydrazine groups is 1. The molecule has 1 atom stereocenters. The Bertz CT molecular complexity index is 470. The number of pyridine rings is 1. The largest absolute Gasteiger partial charge is 0.376 e. The second-order valence-electron chi connectivity index (χ2n) is 5.31. The minimum atomic E-state index is -0.124. The molecule has 0 saturated carbocycles. The smallest absolute Gasteiger partial charge is 0.251 e. The van der Waals surface area contributed by atoms with E-state index < -0.39 is 0 Å². The predicted molar refractivity (Wildman–Crippen MR) is 77.4 cm³/mol. The first-order valence-electron chi connectivity index (χ1n) is 6.98. The highest BCUT2D eigenvalue weighted by atomic mass is 16.5. The average Bonchev–Trinajstić information content (AvgIpc) is 2.97. The van der Waals surface area contributed by atoms with Gasteiger partial charge in [0.25, 0.3) is 5.91 Å². The molecule has 1 aliphatic rings. The fourth-order valence-corrected chi connectivity index (χ4v) is 2.17. The Morgan fingerprint density at radius 2 is 2.35 bits per heavy atom. The molecule has 1 aromatic heterocycles. The van der Waals surface area contributed by atoms with Gasteiger partial charge >= 0.3 is 0 Å². The number of nitrogen functional groups attached to an aromatic ring is 1. The summed E-state index contributed by atoms with van der Waals surface area (Å²) in [5, 5.41) is 2.90. The monoisotopic (exact) mass is 278 g/mol. The third-order valence-electron chi connectivity index (χ3n) is 3.36. The Balaban J connectivity index is 2.05. The van der Waals surface area contributed by atoms with Crippen LogP contribution in [0, 0.1) is 0 Å². The van der Waals surface area contributed by atoms with Gasteiger partial charge in [-0.1, -0.05) is 13.8 Å². The van der Waals surface area contributed by atoms with Gasteiger partial charge in [-0.3, -0.25) is 4.79 Å². The number of carbonyl (C=O) groups is 1. The summed E-state index contributed by atoms with van der Waals surface area (Å²) in [6, 6.07) is 3.45. The Hall–Kier alpha value is -1.66. The first kappa shape index (κ1) is 14.7. The third-order valence-corrected chi connectivity index (χ3v) is 3.36. The van der Waals surface area contributed by atoms with Crippen LogP contribution in [0.2, 0.25) is 0 Å². The quantitative estimate of drug-likeness (QED) is 0.559. The molecule has 1 fully saturated rings. The lowest BCUT2D eigenvalue weighted by Crippen LogP contribution is -2.32. The van der Waals surface area contributed by atoms with E-state index in [2.05, 4.69) is 15.7 Å². The third kappa shape index (κ3) is 3.68. The van der Waals surface area contributed by atoms with E-state index in [9.17, 15) is 4.79 Å². The van der Waals surface area contributed by atoms with E-state index in [0.717, 1.165) is 25.1 Å². The van der Waals surface area contributed by atoms with Gasteiger partial charge in [0.05, 0.1) is 6.10 Å². The van der Waals surface area contributed by atoms with Crippen molar-refractivity contribution in [1.82, 2.24) is 10.3 Å². The van der Waals surface area contributed by atoms with Gasteiger partial charge in [-0.2, -0.15) is 0 Å². The average molecular weight is 278 g/mol. The molecule has 6 heteroatoms. The Labute approximate surface area is 119 Å². The van der Waals surface area contributed by atoms with Gasteiger partial charge < -0.3 is 15.5 Å². The molecule has 0 aromatic carbocycles. The van der Waals surface area contributed by atoms with Crippen LogP contribution in [0.25, 0.3) is 0 Å². The van der Waals surface area contributed by atoms with E-state index in [1.165, 1.54) is 0 Å². The SMILES string of the molecule is CC(C)c1cc(C(=O)NCC2CCCO2)cc(NN)n1. The van der Waals surface area contributed by atoms with E-state index in [-0.39, 0.29) is 17.9 Å². The molecular weight excluding hydrogens is 256 g/mol. The van der Waals surface area contributed by atoms with Crippen LogP contribution < -0.4 is 16.6 Å². The number of nitrogens with one attached hydrogen (secondary N) is 2. The zero-order valence-electron chi connectivity index (χ0n) is 12.0. The lowest BCUT2D eigenvalue weighted by molar-refractivity contribution is 0.0857. The lowest BCUT2D eigenvalue weighted by Gasteiger charge is -2.13. The molecule has 1 saturated heterocycles. The van der Waals surface area contributed by atoms with Crippen LogP contribution in [0.15, 0.2) is 12.1 Å². The molecule has 4 N–H and O–H groups in total. The number of rotatable bonds is 5. The Morgan fingerprint density at radius 1 is 1.55 bits per heavy atom. The summed E-state index contributed by atoms with van der Waals surface area (Å²) in [6.45, 7) is 5.38. The minimum absolute atomic E-state index is 0.124. The van der Waals surface area contributed by atoms with Crippen LogP contribution in [0.5, 0.6) is 0 Å². The number of amides is 1. The standard InChI is InChI=1S/C14H22N4O2/c1-9(2)12-6-10(7-13(17-12)18-15)14(19)16-8-11-4-3-5-20-11/h6-7,9,11H,3-5,8,15H2,1-2H3,(H,16,19)(H,17,18). The maximum atomic E-state index is 12.2. The maximum Gasteiger partial charge on any atom is 0.251 e. The summed E-state index contributed by atoms with van der Waals surface area (Å²) in [7, 11) is 0. The fraction of sp³-hybridized carbons (Fsp3) is 0.571. The highest BCUT2D eigenvalue weighted by Gasteiger charge is 2.17. The zero-order valence-corrected chi connectivity index (χ0v) is 12.0. The summed E-state index contributed by atoms with van der Waals surface area (Å²) in [5.41, 5.74) is 3.90. The van der Waals surface area contributed by atoms with Crippen molar-refractivity contribution in [2.24, 2.45) is 5.84 Å². The van der Waals surface area contributed by atoms with Gasteiger partial charge in [-0.05, 0) is 30.9 Å². The Kier molecular flexibility index (Phi) is 4.92. The van der Waals surface area contributed by atoms with Crippen molar-refractivity contribution in [3.05, 3.63) is 23.4 Å². The molecule has 1 amide bonds. The molecule has 110 valence electrons. The van der Waals surface area contributed by atoms with E-state index in [0.29, 0.717) is 17.9 Å². The van der Waals surface area contributed by atoms with Crippen LogP contribution >= 0.6 is 0 Å². The van der Waals surface area contributed by atoms with Crippen molar-refractivity contribution in [2.45, 2.75) is 38.7 Å². The molecule has 2 rings (SSSR count). The van der Waals surface area contributed by atoms with E-state index in [1.54, 1.807) is 12.1 Å². The van der Waals surface area contributed by atoms with Gasteiger partial charge in [0.1, 0.15) is 5.82 Å². The molecule has 0 spiro atoms. The van der Waals surface area contributed by atoms with Crippen molar-refractivity contribution in [2.75, 3.05) is 18.6 Å². The lowest BCUT2D eigenvalue weighted by atomic mass is 10.1.